The minimum absolute atomic E-state index is 0.220. The van der Waals surface area contributed by atoms with Gasteiger partial charge in [0.1, 0.15) is 11.5 Å². The fourth-order valence-electron chi connectivity index (χ4n) is 2.18. The molecule has 110 valence electrons. The molecule has 6 heteroatoms. The van der Waals surface area contributed by atoms with Gasteiger partial charge in [-0.1, -0.05) is 35.5 Å². The smallest absolute Gasteiger partial charge is 0.229 e. The van der Waals surface area contributed by atoms with E-state index < -0.39 is 0 Å². The molecule has 2 aromatic heterocycles. The van der Waals surface area contributed by atoms with Gasteiger partial charge >= 0.3 is 0 Å². The molecule has 0 aliphatic carbocycles. The van der Waals surface area contributed by atoms with Gasteiger partial charge in [-0.25, -0.2) is 9.97 Å². The van der Waals surface area contributed by atoms with Crippen molar-refractivity contribution in [3.63, 3.8) is 0 Å². The summed E-state index contributed by atoms with van der Waals surface area (Å²) in [6.45, 7) is 3.24. The SMILES string of the molecule is CC(=O)Nc1nccc(-c2c(-c3ccccc3)noc2C)n1. The lowest BCUT2D eigenvalue weighted by Crippen LogP contribution is -2.09. The maximum Gasteiger partial charge on any atom is 0.229 e. The molecule has 0 radical (unpaired) electrons. The number of hydrogen-bond acceptors (Lipinski definition) is 5. The zero-order valence-electron chi connectivity index (χ0n) is 12.2. The molecule has 0 fully saturated rings. The van der Waals surface area contributed by atoms with Crippen LogP contribution in [0.4, 0.5) is 5.95 Å². The molecule has 22 heavy (non-hydrogen) atoms. The van der Waals surface area contributed by atoms with E-state index in [-0.39, 0.29) is 11.9 Å². The molecule has 0 saturated heterocycles. The summed E-state index contributed by atoms with van der Waals surface area (Å²) in [5.41, 5.74) is 3.09. The summed E-state index contributed by atoms with van der Waals surface area (Å²) in [6.07, 6.45) is 1.59. The van der Waals surface area contributed by atoms with E-state index in [0.717, 1.165) is 11.1 Å². The maximum absolute atomic E-state index is 11.1. The molecular formula is C16H14N4O2. The van der Waals surface area contributed by atoms with E-state index in [9.17, 15) is 4.79 Å². The molecule has 0 saturated carbocycles. The number of nitrogens with zero attached hydrogens (tertiary/aromatic N) is 3. The van der Waals surface area contributed by atoms with Crippen LogP contribution < -0.4 is 5.32 Å². The van der Waals surface area contributed by atoms with Gasteiger partial charge in [-0.3, -0.25) is 10.1 Å². The Kier molecular flexibility index (Phi) is 3.65. The van der Waals surface area contributed by atoms with E-state index in [1.807, 2.05) is 37.3 Å². The molecule has 1 N–H and O–H groups in total. The molecule has 0 aliphatic heterocycles. The number of anilines is 1. The summed E-state index contributed by atoms with van der Waals surface area (Å²) in [5, 5.41) is 6.70. The Balaban J connectivity index is 2.09. The van der Waals surface area contributed by atoms with Crippen LogP contribution in [-0.2, 0) is 4.79 Å². The number of nitrogens with one attached hydrogen (secondary N) is 1. The fourth-order valence-corrected chi connectivity index (χ4v) is 2.18. The van der Waals surface area contributed by atoms with Gasteiger partial charge in [0.15, 0.2) is 0 Å². The summed E-state index contributed by atoms with van der Waals surface area (Å²) in [5.74, 6) is 0.693. The van der Waals surface area contributed by atoms with Crippen molar-refractivity contribution in [2.45, 2.75) is 13.8 Å². The number of aryl methyl sites for hydroxylation is 1. The third-order valence-electron chi connectivity index (χ3n) is 3.11. The first-order chi connectivity index (χ1) is 10.6. The zero-order chi connectivity index (χ0) is 15.5. The van der Waals surface area contributed by atoms with Crippen molar-refractivity contribution < 1.29 is 9.32 Å². The lowest BCUT2D eigenvalue weighted by atomic mass is 10.0. The minimum atomic E-state index is -0.220. The first kappa shape index (κ1) is 13.9. The van der Waals surface area contributed by atoms with Crippen LogP contribution >= 0.6 is 0 Å². The van der Waals surface area contributed by atoms with Crippen molar-refractivity contribution >= 4 is 11.9 Å². The van der Waals surface area contributed by atoms with Crippen molar-refractivity contribution in [2.24, 2.45) is 0 Å². The van der Waals surface area contributed by atoms with Crippen LogP contribution in [0.25, 0.3) is 22.5 Å². The Morgan fingerprint density at radius 1 is 1.18 bits per heavy atom. The fraction of sp³-hybridized carbons (Fsp3) is 0.125. The van der Waals surface area contributed by atoms with E-state index in [1.165, 1.54) is 6.92 Å². The quantitative estimate of drug-likeness (QED) is 0.803. The second-order valence-corrected chi connectivity index (χ2v) is 4.78. The summed E-state index contributed by atoms with van der Waals surface area (Å²) >= 11 is 0. The predicted octanol–water partition coefficient (Wildman–Crippen LogP) is 3.07. The van der Waals surface area contributed by atoms with E-state index >= 15 is 0 Å². The molecular weight excluding hydrogens is 280 g/mol. The summed E-state index contributed by atoms with van der Waals surface area (Å²) in [7, 11) is 0. The second-order valence-electron chi connectivity index (χ2n) is 4.78. The van der Waals surface area contributed by atoms with Gasteiger partial charge in [-0.05, 0) is 13.0 Å². The molecule has 6 nitrogen and oxygen atoms in total. The third-order valence-corrected chi connectivity index (χ3v) is 3.11. The highest BCUT2D eigenvalue weighted by atomic mass is 16.5. The van der Waals surface area contributed by atoms with Gasteiger partial charge in [0.05, 0.1) is 11.3 Å². The van der Waals surface area contributed by atoms with Gasteiger partial charge in [0.2, 0.25) is 11.9 Å². The highest BCUT2D eigenvalue weighted by Gasteiger charge is 2.18. The molecule has 1 aromatic carbocycles. The minimum Gasteiger partial charge on any atom is -0.360 e. The Hall–Kier alpha value is -3.02. The van der Waals surface area contributed by atoms with E-state index in [1.54, 1.807) is 12.3 Å². The number of carbonyl (C=O) groups excluding carboxylic acids is 1. The van der Waals surface area contributed by atoms with Gasteiger partial charge in [-0.15, -0.1) is 0 Å². The van der Waals surface area contributed by atoms with Crippen LogP contribution in [0.1, 0.15) is 12.7 Å². The molecule has 0 unspecified atom stereocenters. The Morgan fingerprint density at radius 3 is 2.68 bits per heavy atom. The first-order valence-corrected chi connectivity index (χ1v) is 6.78. The second kappa shape index (κ2) is 5.77. The van der Waals surface area contributed by atoms with Gasteiger partial charge < -0.3 is 4.52 Å². The highest BCUT2D eigenvalue weighted by molar-refractivity contribution is 5.87. The maximum atomic E-state index is 11.1. The predicted molar refractivity (Wildman–Crippen MR) is 82.0 cm³/mol. The van der Waals surface area contributed by atoms with E-state index in [4.69, 9.17) is 4.52 Å². The molecule has 0 aliphatic rings. The topological polar surface area (TPSA) is 80.9 Å². The molecule has 3 aromatic rings. The first-order valence-electron chi connectivity index (χ1n) is 6.78. The van der Waals surface area contributed by atoms with E-state index in [2.05, 4.69) is 20.4 Å². The van der Waals surface area contributed by atoms with Gasteiger partial charge in [0.25, 0.3) is 0 Å². The molecule has 1 amide bonds. The molecule has 0 bridgehead atoms. The highest BCUT2D eigenvalue weighted by Crippen LogP contribution is 2.33. The average molecular weight is 294 g/mol. The van der Waals surface area contributed by atoms with Crippen LogP contribution in [0, 0.1) is 6.92 Å². The monoisotopic (exact) mass is 294 g/mol. The normalized spacial score (nSPS) is 10.5. The Bertz CT molecular complexity index is 812. The summed E-state index contributed by atoms with van der Waals surface area (Å²) < 4.78 is 5.33. The van der Waals surface area contributed by atoms with Crippen molar-refractivity contribution in [1.29, 1.82) is 0 Å². The average Bonchev–Trinajstić information content (AvgIpc) is 2.89. The number of carbonyl (C=O) groups is 1. The van der Waals surface area contributed by atoms with E-state index in [0.29, 0.717) is 17.1 Å². The number of benzene rings is 1. The molecule has 0 spiro atoms. The third kappa shape index (κ3) is 2.71. The molecule has 2 heterocycles. The number of hydrogen-bond donors (Lipinski definition) is 1. The number of rotatable bonds is 3. The largest absolute Gasteiger partial charge is 0.360 e. The Morgan fingerprint density at radius 2 is 1.95 bits per heavy atom. The van der Waals surface area contributed by atoms with Crippen molar-refractivity contribution in [2.75, 3.05) is 5.32 Å². The Labute approximate surface area is 127 Å². The molecule has 0 atom stereocenters. The van der Waals surface area contributed by atoms with Crippen molar-refractivity contribution in [1.82, 2.24) is 15.1 Å². The lowest BCUT2D eigenvalue weighted by molar-refractivity contribution is -0.114. The zero-order valence-corrected chi connectivity index (χ0v) is 12.2. The standard InChI is InChI=1S/C16H14N4O2/c1-10-14(13-8-9-17-16(19-13)18-11(2)21)15(20-22-10)12-6-4-3-5-7-12/h3-9H,1-2H3,(H,17,18,19,21). The summed E-state index contributed by atoms with van der Waals surface area (Å²) in [6, 6.07) is 11.5. The van der Waals surface area contributed by atoms with Crippen molar-refractivity contribution in [3.8, 4) is 22.5 Å². The lowest BCUT2D eigenvalue weighted by Gasteiger charge is -2.05. The summed E-state index contributed by atoms with van der Waals surface area (Å²) in [4.78, 5) is 19.5. The van der Waals surface area contributed by atoms with Crippen LogP contribution in [0.5, 0.6) is 0 Å². The van der Waals surface area contributed by atoms with Crippen LogP contribution in [0.2, 0.25) is 0 Å². The number of aromatic nitrogens is 3. The van der Waals surface area contributed by atoms with Gasteiger partial charge in [-0.2, -0.15) is 0 Å². The van der Waals surface area contributed by atoms with Crippen molar-refractivity contribution in [3.05, 3.63) is 48.4 Å². The van der Waals surface area contributed by atoms with Gasteiger partial charge in [0, 0.05) is 18.7 Å². The van der Waals surface area contributed by atoms with Crippen LogP contribution in [0.15, 0.2) is 47.1 Å². The van der Waals surface area contributed by atoms with Crippen LogP contribution in [0.3, 0.4) is 0 Å². The molecule has 3 rings (SSSR count). The number of amides is 1. The van der Waals surface area contributed by atoms with Crippen LogP contribution in [-0.4, -0.2) is 21.0 Å².